The number of aliphatic hydroxyl groups excluding tert-OH is 1. The molecule has 1 atom stereocenters. The molecule has 0 spiro atoms. The minimum Gasteiger partial charge on any atom is -0.493 e. The number of aliphatic hydroxyl groups is 1. The van der Waals surface area contributed by atoms with Gasteiger partial charge in [0.2, 0.25) is 5.75 Å². The van der Waals surface area contributed by atoms with Crippen LogP contribution in [0.4, 0.5) is 8.78 Å². The molecule has 0 amide bonds. The summed E-state index contributed by atoms with van der Waals surface area (Å²) in [5, 5.41) is 9.58. The lowest BCUT2D eigenvalue weighted by Crippen LogP contribution is -2.19. The van der Waals surface area contributed by atoms with E-state index >= 15 is 0 Å². The maximum absolute atomic E-state index is 13.1. The van der Waals surface area contributed by atoms with Crippen LogP contribution in [0.25, 0.3) is 0 Å². The minimum atomic E-state index is -3.47. The summed E-state index contributed by atoms with van der Waals surface area (Å²) in [4.78, 5) is -3.47. The van der Waals surface area contributed by atoms with E-state index in [1.807, 2.05) is 0 Å². The zero-order valence-corrected chi connectivity index (χ0v) is 11.6. The first kappa shape index (κ1) is 15.0. The quantitative estimate of drug-likeness (QED) is 0.845. The maximum atomic E-state index is 13.1. The van der Waals surface area contributed by atoms with Crippen LogP contribution in [-0.4, -0.2) is 31.3 Å². The molecule has 0 radical (unpaired) electrons. The number of methoxy groups -OCH3 is 3. The van der Waals surface area contributed by atoms with Crippen LogP contribution in [0, 0.1) is 0 Å². The number of ether oxygens (including phenoxy) is 3. The van der Waals surface area contributed by atoms with E-state index in [1.54, 1.807) is 0 Å². The fourth-order valence-corrected chi connectivity index (χ4v) is 1.76. The van der Waals surface area contributed by atoms with Crippen molar-refractivity contribution in [2.24, 2.45) is 0 Å². The molecule has 102 valence electrons. The Morgan fingerprint density at radius 3 is 2.06 bits per heavy atom. The van der Waals surface area contributed by atoms with Gasteiger partial charge in [-0.3, -0.25) is 0 Å². The molecule has 1 aromatic rings. The minimum absolute atomic E-state index is 0.00322. The molecular weight excluding hydrogens is 314 g/mol. The van der Waals surface area contributed by atoms with Crippen LogP contribution in [0.2, 0.25) is 0 Å². The Morgan fingerprint density at radius 1 is 1.11 bits per heavy atom. The van der Waals surface area contributed by atoms with Gasteiger partial charge in [0.25, 0.3) is 0 Å². The highest BCUT2D eigenvalue weighted by atomic mass is 79.9. The van der Waals surface area contributed by atoms with Gasteiger partial charge in [0, 0.05) is 5.56 Å². The molecule has 1 unspecified atom stereocenters. The third kappa shape index (κ3) is 2.84. The Kier molecular flexibility index (Phi) is 4.75. The number of rotatable bonds is 5. The van der Waals surface area contributed by atoms with E-state index in [2.05, 4.69) is 15.9 Å². The van der Waals surface area contributed by atoms with Gasteiger partial charge >= 0.3 is 4.83 Å². The van der Waals surface area contributed by atoms with Crippen molar-refractivity contribution in [3.63, 3.8) is 0 Å². The van der Waals surface area contributed by atoms with Crippen molar-refractivity contribution in [2.45, 2.75) is 10.9 Å². The molecule has 18 heavy (non-hydrogen) atoms. The first-order valence-corrected chi connectivity index (χ1v) is 5.69. The molecule has 0 saturated carbocycles. The Hall–Kier alpha value is -1.08. The number of halogens is 3. The van der Waals surface area contributed by atoms with Crippen LogP contribution >= 0.6 is 15.9 Å². The lowest BCUT2D eigenvalue weighted by atomic mass is 10.1. The molecule has 0 aliphatic carbocycles. The monoisotopic (exact) mass is 326 g/mol. The SMILES string of the molecule is COc1ccc(C(O)C(F)(F)Br)c(OC)c1OC. The summed E-state index contributed by atoms with van der Waals surface area (Å²) in [6, 6.07) is 2.71. The van der Waals surface area contributed by atoms with Crippen molar-refractivity contribution in [3.8, 4) is 17.2 Å². The fraction of sp³-hybridized carbons (Fsp3) is 0.455. The van der Waals surface area contributed by atoms with Crippen molar-refractivity contribution in [1.82, 2.24) is 0 Å². The average molecular weight is 327 g/mol. The molecule has 0 heterocycles. The van der Waals surface area contributed by atoms with Crippen LogP contribution in [0.5, 0.6) is 17.2 Å². The highest BCUT2D eigenvalue weighted by Gasteiger charge is 2.39. The molecule has 7 heteroatoms. The second-order valence-corrected chi connectivity index (χ2v) is 4.42. The Morgan fingerprint density at radius 2 is 1.67 bits per heavy atom. The fourth-order valence-electron chi connectivity index (χ4n) is 1.52. The third-order valence-electron chi connectivity index (χ3n) is 2.34. The van der Waals surface area contributed by atoms with Gasteiger partial charge < -0.3 is 19.3 Å². The molecular formula is C11H13BrF2O4. The van der Waals surface area contributed by atoms with Gasteiger partial charge in [0.15, 0.2) is 17.6 Å². The van der Waals surface area contributed by atoms with Crippen LogP contribution in [0.3, 0.4) is 0 Å². The summed E-state index contributed by atoms with van der Waals surface area (Å²) in [7, 11) is 4.05. The lowest BCUT2D eigenvalue weighted by Gasteiger charge is -2.21. The first-order valence-electron chi connectivity index (χ1n) is 4.90. The molecule has 0 aromatic heterocycles. The summed E-state index contributed by atoms with van der Waals surface area (Å²) in [5.74, 6) is 0.472. The van der Waals surface area contributed by atoms with Crippen LogP contribution in [-0.2, 0) is 0 Å². The second kappa shape index (κ2) is 5.71. The van der Waals surface area contributed by atoms with Gasteiger partial charge in [-0.15, -0.1) is 0 Å². The Bertz CT molecular complexity index is 420. The summed E-state index contributed by atoms with van der Waals surface area (Å²) < 4.78 is 41.2. The van der Waals surface area contributed by atoms with E-state index in [4.69, 9.17) is 14.2 Å². The van der Waals surface area contributed by atoms with E-state index in [1.165, 1.54) is 33.5 Å². The van der Waals surface area contributed by atoms with Gasteiger partial charge in [0.1, 0.15) is 0 Å². The topological polar surface area (TPSA) is 47.9 Å². The van der Waals surface area contributed by atoms with Crippen molar-refractivity contribution < 1.29 is 28.1 Å². The van der Waals surface area contributed by atoms with Gasteiger partial charge in [0.05, 0.1) is 21.3 Å². The molecule has 0 saturated heterocycles. The Balaban J connectivity index is 3.38. The standard InChI is InChI=1S/C11H13BrF2O4/c1-16-7-5-4-6(10(15)11(12,13)14)8(17-2)9(7)18-3/h4-5,10,15H,1-3H3. The first-order chi connectivity index (χ1) is 8.36. The maximum Gasteiger partial charge on any atom is 0.330 e. The predicted molar refractivity (Wildman–Crippen MR) is 64.9 cm³/mol. The van der Waals surface area contributed by atoms with E-state index in [9.17, 15) is 13.9 Å². The predicted octanol–water partition coefficient (Wildman–Crippen LogP) is 2.73. The highest BCUT2D eigenvalue weighted by Crippen LogP contribution is 2.46. The lowest BCUT2D eigenvalue weighted by molar-refractivity contribution is -0.0306. The largest absolute Gasteiger partial charge is 0.493 e. The molecule has 0 fully saturated rings. The van der Waals surface area contributed by atoms with Gasteiger partial charge in [-0.05, 0) is 28.1 Å². The number of alkyl halides is 3. The van der Waals surface area contributed by atoms with E-state index in [0.717, 1.165) is 0 Å². The zero-order chi connectivity index (χ0) is 13.9. The van der Waals surface area contributed by atoms with Crippen LogP contribution in [0.1, 0.15) is 11.7 Å². The van der Waals surface area contributed by atoms with E-state index in [0.29, 0.717) is 5.75 Å². The van der Waals surface area contributed by atoms with Gasteiger partial charge in [-0.25, -0.2) is 0 Å². The van der Waals surface area contributed by atoms with Crippen molar-refractivity contribution in [3.05, 3.63) is 17.7 Å². The molecule has 0 aliphatic heterocycles. The Labute approximate surface area is 112 Å². The number of hydrogen-bond donors (Lipinski definition) is 1. The summed E-state index contributed by atoms with van der Waals surface area (Å²) in [5.41, 5.74) is -0.1000. The van der Waals surface area contributed by atoms with Crippen molar-refractivity contribution >= 4 is 15.9 Å². The summed E-state index contributed by atoms with van der Waals surface area (Å²) in [6.07, 6.45) is -2.06. The van der Waals surface area contributed by atoms with E-state index < -0.39 is 10.9 Å². The van der Waals surface area contributed by atoms with Crippen LogP contribution in [0.15, 0.2) is 12.1 Å². The summed E-state index contributed by atoms with van der Waals surface area (Å²) >= 11 is 2.12. The van der Waals surface area contributed by atoms with E-state index in [-0.39, 0.29) is 17.1 Å². The van der Waals surface area contributed by atoms with Crippen molar-refractivity contribution in [1.29, 1.82) is 0 Å². The third-order valence-corrected chi connectivity index (χ3v) is 2.77. The molecule has 1 aromatic carbocycles. The zero-order valence-electron chi connectivity index (χ0n) is 10.0. The molecule has 0 bridgehead atoms. The van der Waals surface area contributed by atoms with Gasteiger partial charge in [-0.2, -0.15) is 8.78 Å². The molecule has 1 rings (SSSR count). The second-order valence-electron chi connectivity index (χ2n) is 3.37. The molecule has 0 aliphatic rings. The number of hydrogen-bond acceptors (Lipinski definition) is 4. The normalized spacial score (nSPS) is 13.1. The average Bonchev–Trinajstić information content (AvgIpc) is 2.34. The van der Waals surface area contributed by atoms with Crippen molar-refractivity contribution in [2.75, 3.05) is 21.3 Å². The van der Waals surface area contributed by atoms with Crippen LogP contribution < -0.4 is 14.2 Å². The smallest absolute Gasteiger partial charge is 0.330 e. The summed E-state index contributed by atoms with van der Waals surface area (Å²) in [6.45, 7) is 0. The molecule has 4 nitrogen and oxygen atoms in total. The molecule has 1 N–H and O–H groups in total. The highest BCUT2D eigenvalue weighted by molar-refractivity contribution is 9.10. The van der Waals surface area contributed by atoms with Gasteiger partial charge in [-0.1, -0.05) is 0 Å². The number of benzene rings is 1.